The van der Waals surface area contributed by atoms with Gasteiger partial charge in [0.25, 0.3) is 5.91 Å². The molecule has 1 amide bonds. The SMILES string of the molecule is NC(=O)c1ccccc1OCc1cc(F)ccc1N. The van der Waals surface area contributed by atoms with E-state index < -0.39 is 11.7 Å². The molecule has 5 heteroatoms. The van der Waals surface area contributed by atoms with E-state index in [-0.39, 0.29) is 12.2 Å². The lowest BCUT2D eigenvalue weighted by Crippen LogP contribution is -2.13. The molecule has 0 saturated carbocycles. The molecule has 2 rings (SSSR count). The standard InChI is InChI=1S/C14H13FN2O2/c15-10-5-6-12(16)9(7-10)8-19-13-4-2-1-3-11(13)14(17)18/h1-7H,8,16H2,(H2,17,18). The van der Waals surface area contributed by atoms with Gasteiger partial charge in [-0.15, -0.1) is 0 Å². The summed E-state index contributed by atoms with van der Waals surface area (Å²) >= 11 is 0. The van der Waals surface area contributed by atoms with Crippen molar-refractivity contribution in [3.8, 4) is 5.75 Å². The first-order chi connectivity index (χ1) is 9.08. The predicted octanol–water partition coefficient (Wildman–Crippen LogP) is 2.09. The Morgan fingerprint density at radius 1 is 1.21 bits per heavy atom. The van der Waals surface area contributed by atoms with Crippen molar-refractivity contribution in [2.45, 2.75) is 6.61 Å². The topological polar surface area (TPSA) is 78.3 Å². The summed E-state index contributed by atoms with van der Waals surface area (Å²) in [6.45, 7) is 0.0634. The van der Waals surface area contributed by atoms with Crippen molar-refractivity contribution in [1.29, 1.82) is 0 Å². The average molecular weight is 260 g/mol. The molecule has 0 unspecified atom stereocenters. The molecule has 19 heavy (non-hydrogen) atoms. The number of carbonyl (C=O) groups is 1. The Labute approximate surface area is 109 Å². The molecule has 0 spiro atoms. The van der Waals surface area contributed by atoms with Gasteiger partial charge >= 0.3 is 0 Å². The normalized spacial score (nSPS) is 10.2. The fourth-order valence-electron chi connectivity index (χ4n) is 1.65. The number of benzene rings is 2. The lowest BCUT2D eigenvalue weighted by atomic mass is 10.1. The van der Waals surface area contributed by atoms with Crippen molar-refractivity contribution in [1.82, 2.24) is 0 Å². The molecule has 4 nitrogen and oxygen atoms in total. The minimum atomic E-state index is -0.581. The molecule has 0 fully saturated rings. The highest BCUT2D eigenvalue weighted by molar-refractivity contribution is 5.95. The number of nitrogen functional groups attached to an aromatic ring is 1. The van der Waals surface area contributed by atoms with Crippen molar-refractivity contribution >= 4 is 11.6 Å². The highest BCUT2D eigenvalue weighted by Crippen LogP contribution is 2.21. The Bertz CT molecular complexity index is 614. The van der Waals surface area contributed by atoms with Crippen LogP contribution in [0.2, 0.25) is 0 Å². The molecule has 0 aliphatic carbocycles. The van der Waals surface area contributed by atoms with E-state index in [4.69, 9.17) is 16.2 Å². The zero-order valence-electron chi connectivity index (χ0n) is 10.1. The number of hydrogen-bond donors (Lipinski definition) is 2. The molecule has 4 N–H and O–H groups in total. The minimum Gasteiger partial charge on any atom is -0.488 e. The summed E-state index contributed by atoms with van der Waals surface area (Å²) in [7, 11) is 0. The van der Waals surface area contributed by atoms with E-state index >= 15 is 0 Å². The first-order valence-corrected chi connectivity index (χ1v) is 5.63. The molecule has 0 heterocycles. The second kappa shape index (κ2) is 5.39. The Balaban J connectivity index is 2.19. The van der Waals surface area contributed by atoms with Crippen molar-refractivity contribution in [3.05, 3.63) is 59.4 Å². The van der Waals surface area contributed by atoms with Crippen molar-refractivity contribution in [2.24, 2.45) is 5.73 Å². The van der Waals surface area contributed by atoms with Gasteiger partial charge in [-0.2, -0.15) is 0 Å². The predicted molar refractivity (Wildman–Crippen MR) is 70.1 cm³/mol. The summed E-state index contributed by atoms with van der Waals surface area (Å²) in [5.41, 5.74) is 12.2. The zero-order chi connectivity index (χ0) is 13.8. The summed E-state index contributed by atoms with van der Waals surface area (Å²) < 4.78 is 18.6. The number of para-hydroxylation sites is 1. The van der Waals surface area contributed by atoms with Crippen LogP contribution in [0.25, 0.3) is 0 Å². The molecule has 2 aromatic carbocycles. The van der Waals surface area contributed by atoms with E-state index in [0.717, 1.165) is 0 Å². The van der Waals surface area contributed by atoms with Gasteiger partial charge in [0.05, 0.1) is 5.56 Å². The van der Waals surface area contributed by atoms with Crippen LogP contribution < -0.4 is 16.2 Å². The Hall–Kier alpha value is -2.56. The second-order valence-electron chi connectivity index (χ2n) is 3.99. The first-order valence-electron chi connectivity index (χ1n) is 5.63. The maximum atomic E-state index is 13.1. The maximum absolute atomic E-state index is 13.1. The van der Waals surface area contributed by atoms with Gasteiger partial charge < -0.3 is 16.2 Å². The van der Waals surface area contributed by atoms with Crippen LogP contribution in [0.1, 0.15) is 15.9 Å². The van der Waals surface area contributed by atoms with E-state index in [1.54, 1.807) is 24.3 Å². The molecule has 0 aliphatic rings. The summed E-state index contributed by atoms with van der Waals surface area (Å²) in [5.74, 6) is -0.627. The van der Waals surface area contributed by atoms with Crippen LogP contribution in [0.3, 0.4) is 0 Å². The summed E-state index contributed by atoms with van der Waals surface area (Å²) in [6.07, 6.45) is 0. The number of ether oxygens (including phenoxy) is 1. The molecule has 0 aromatic heterocycles. The van der Waals surface area contributed by atoms with Crippen LogP contribution >= 0.6 is 0 Å². The van der Waals surface area contributed by atoms with Gasteiger partial charge in [0.15, 0.2) is 0 Å². The van der Waals surface area contributed by atoms with Gasteiger partial charge in [0.1, 0.15) is 18.2 Å². The number of primary amides is 1. The number of halogens is 1. The summed E-state index contributed by atoms with van der Waals surface area (Å²) in [6, 6.07) is 10.6. The molecule has 0 aliphatic heterocycles. The van der Waals surface area contributed by atoms with Crippen LogP contribution in [0.5, 0.6) is 5.75 Å². The number of anilines is 1. The van der Waals surface area contributed by atoms with Crippen LogP contribution in [-0.4, -0.2) is 5.91 Å². The second-order valence-corrected chi connectivity index (χ2v) is 3.99. The molecule has 0 saturated heterocycles. The Morgan fingerprint density at radius 3 is 2.68 bits per heavy atom. The highest BCUT2D eigenvalue weighted by Gasteiger charge is 2.09. The first kappa shape index (κ1) is 12.9. The van der Waals surface area contributed by atoms with Gasteiger partial charge in [0.2, 0.25) is 0 Å². The lowest BCUT2D eigenvalue weighted by molar-refractivity contribution is 0.0996. The van der Waals surface area contributed by atoms with Gasteiger partial charge in [0, 0.05) is 11.3 Å². The Kier molecular flexibility index (Phi) is 3.66. The molecule has 98 valence electrons. The minimum absolute atomic E-state index is 0.0634. The maximum Gasteiger partial charge on any atom is 0.252 e. The highest BCUT2D eigenvalue weighted by atomic mass is 19.1. The molecule has 0 atom stereocenters. The number of amides is 1. The number of hydrogen-bond acceptors (Lipinski definition) is 3. The third kappa shape index (κ3) is 3.01. The number of nitrogens with two attached hydrogens (primary N) is 2. The van der Waals surface area contributed by atoms with Crippen LogP contribution in [0.4, 0.5) is 10.1 Å². The average Bonchev–Trinajstić information content (AvgIpc) is 2.40. The summed E-state index contributed by atoms with van der Waals surface area (Å²) in [4.78, 5) is 11.2. The van der Waals surface area contributed by atoms with E-state index in [9.17, 15) is 9.18 Å². The largest absolute Gasteiger partial charge is 0.488 e. The molecule has 0 radical (unpaired) electrons. The van der Waals surface area contributed by atoms with Gasteiger partial charge in [-0.3, -0.25) is 4.79 Å². The van der Waals surface area contributed by atoms with Crippen LogP contribution in [0, 0.1) is 5.82 Å². The summed E-state index contributed by atoms with van der Waals surface area (Å²) in [5, 5.41) is 0. The monoisotopic (exact) mass is 260 g/mol. The van der Waals surface area contributed by atoms with E-state index in [1.165, 1.54) is 18.2 Å². The quantitative estimate of drug-likeness (QED) is 0.826. The van der Waals surface area contributed by atoms with Crippen LogP contribution in [-0.2, 0) is 6.61 Å². The molecular weight excluding hydrogens is 247 g/mol. The van der Waals surface area contributed by atoms with Gasteiger partial charge in [-0.05, 0) is 30.3 Å². The number of carbonyl (C=O) groups excluding carboxylic acids is 1. The van der Waals surface area contributed by atoms with Crippen molar-refractivity contribution in [3.63, 3.8) is 0 Å². The van der Waals surface area contributed by atoms with Gasteiger partial charge in [-0.25, -0.2) is 4.39 Å². The van der Waals surface area contributed by atoms with Crippen molar-refractivity contribution < 1.29 is 13.9 Å². The third-order valence-electron chi connectivity index (χ3n) is 2.64. The van der Waals surface area contributed by atoms with Gasteiger partial charge in [-0.1, -0.05) is 12.1 Å². The fourth-order valence-corrected chi connectivity index (χ4v) is 1.65. The number of rotatable bonds is 4. The van der Waals surface area contributed by atoms with E-state index in [0.29, 0.717) is 17.0 Å². The molecule has 2 aromatic rings. The van der Waals surface area contributed by atoms with Crippen LogP contribution in [0.15, 0.2) is 42.5 Å². The van der Waals surface area contributed by atoms with E-state index in [1.807, 2.05) is 0 Å². The lowest BCUT2D eigenvalue weighted by Gasteiger charge is -2.11. The van der Waals surface area contributed by atoms with E-state index in [2.05, 4.69) is 0 Å². The van der Waals surface area contributed by atoms with Crippen molar-refractivity contribution in [2.75, 3.05) is 5.73 Å². The molecular formula is C14H13FN2O2. The third-order valence-corrected chi connectivity index (χ3v) is 2.64. The Morgan fingerprint density at radius 2 is 1.95 bits per heavy atom. The fraction of sp³-hybridized carbons (Fsp3) is 0.0714. The zero-order valence-corrected chi connectivity index (χ0v) is 10.1. The smallest absolute Gasteiger partial charge is 0.252 e. The molecule has 0 bridgehead atoms.